The van der Waals surface area contributed by atoms with E-state index in [9.17, 15) is 9.90 Å². The summed E-state index contributed by atoms with van der Waals surface area (Å²) in [4.78, 5) is 11.2. The van der Waals surface area contributed by atoms with Gasteiger partial charge < -0.3 is 9.84 Å². The quantitative estimate of drug-likeness (QED) is 0.820. The molecule has 4 nitrogen and oxygen atoms in total. The number of esters is 1. The first-order chi connectivity index (χ1) is 7.58. The molecule has 0 fully saturated rings. The van der Waals surface area contributed by atoms with Crippen molar-refractivity contribution in [2.45, 2.75) is 13.3 Å². The Hall–Kier alpha value is -1.73. The Kier molecular flexibility index (Phi) is 4.15. The predicted molar refractivity (Wildman–Crippen MR) is 58.2 cm³/mol. The lowest BCUT2D eigenvalue weighted by Gasteiger charge is -2.06. The topological polar surface area (TPSA) is 70.3 Å². The molecule has 0 spiro atoms. The minimum absolute atomic E-state index is 0.0540. The van der Waals surface area contributed by atoms with Gasteiger partial charge in [-0.2, -0.15) is 5.26 Å². The van der Waals surface area contributed by atoms with E-state index in [2.05, 4.69) is 0 Å². The number of ether oxygens (including phenoxy) is 1. The number of hydrogen-bond donors (Lipinski definition) is 1. The minimum Gasteiger partial charge on any atom is -0.506 e. The van der Waals surface area contributed by atoms with E-state index < -0.39 is 5.97 Å². The first-order valence-corrected chi connectivity index (χ1v) is 5.03. The fraction of sp³-hybridized carbons (Fsp3) is 0.273. The summed E-state index contributed by atoms with van der Waals surface area (Å²) in [6, 6.07) is 4.65. The van der Waals surface area contributed by atoms with Crippen LogP contribution >= 0.6 is 11.6 Å². The van der Waals surface area contributed by atoms with Gasteiger partial charge in [-0.05, 0) is 19.1 Å². The monoisotopic (exact) mass is 239 g/mol. The smallest absolute Gasteiger partial charge is 0.310 e. The van der Waals surface area contributed by atoms with Gasteiger partial charge in [0, 0.05) is 5.56 Å². The summed E-state index contributed by atoms with van der Waals surface area (Å²) in [6.07, 6.45) is -0.102. The van der Waals surface area contributed by atoms with Gasteiger partial charge in [0.2, 0.25) is 0 Å². The third kappa shape index (κ3) is 2.88. The van der Waals surface area contributed by atoms with Gasteiger partial charge in [-0.15, -0.1) is 0 Å². The lowest BCUT2D eigenvalue weighted by atomic mass is 10.1. The van der Waals surface area contributed by atoms with Gasteiger partial charge in [0.05, 0.1) is 29.7 Å². The molecule has 0 amide bonds. The molecule has 0 saturated heterocycles. The van der Waals surface area contributed by atoms with Crippen LogP contribution in [0.1, 0.15) is 18.1 Å². The van der Waals surface area contributed by atoms with Crippen LogP contribution < -0.4 is 0 Å². The Morgan fingerprint density at radius 3 is 2.88 bits per heavy atom. The number of hydrogen-bond acceptors (Lipinski definition) is 4. The fourth-order valence-electron chi connectivity index (χ4n) is 1.22. The molecule has 0 aromatic heterocycles. The van der Waals surface area contributed by atoms with Crippen LogP contribution in [0.2, 0.25) is 5.02 Å². The van der Waals surface area contributed by atoms with Gasteiger partial charge >= 0.3 is 5.97 Å². The maximum atomic E-state index is 11.2. The first kappa shape index (κ1) is 12.3. The summed E-state index contributed by atoms with van der Waals surface area (Å²) in [5.41, 5.74) is 0.588. The van der Waals surface area contributed by atoms with Crippen LogP contribution in [0.3, 0.4) is 0 Å². The first-order valence-electron chi connectivity index (χ1n) is 4.65. The molecular weight excluding hydrogens is 230 g/mol. The second-order valence-electron chi connectivity index (χ2n) is 3.06. The number of nitriles is 1. The molecule has 1 N–H and O–H groups in total. The average molecular weight is 240 g/mol. The number of halogens is 1. The summed E-state index contributed by atoms with van der Waals surface area (Å²) >= 11 is 5.71. The zero-order chi connectivity index (χ0) is 12.1. The third-order valence-corrected chi connectivity index (χ3v) is 2.20. The molecule has 16 heavy (non-hydrogen) atoms. The predicted octanol–water partition coefficient (Wildman–Crippen LogP) is 2.02. The number of rotatable bonds is 3. The molecule has 0 atom stereocenters. The molecule has 84 valence electrons. The molecule has 1 rings (SSSR count). The molecule has 0 aliphatic carbocycles. The molecule has 0 aliphatic rings. The Labute approximate surface area is 98.0 Å². The molecule has 1 aromatic carbocycles. The van der Waals surface area contributed by atoms with E-state index in [-0.39, 0.29) is 23.8 Å². The Bertz CT molecular complexity index is 451. The van der Waals surface area contributed by atoms with E-state index in [1.807, 2.05) is 6.07 Å². The lowest BCUT2D eigenvalue weighted by molar-refractivity contribution is -0.142. The number of benzene rings is 1. The molecule has 1 aromatic rings. The van der Waals surface area contributed by atoms with Crippen molar-refractivity contribution >= 4 is 17.6 Å². The van der Waals surface area contributed by atoms with E-state index >= 15 is 0 Å². The van der Waals surface area contributed by atoms with E-state index in [0.29, 0.717) is 11.1 Å². The van der Waals surface area contributed by atoms with Gasteiger partial charge in [0.15, 0.2) is 0 Å². The Balaban J connectivity index is 3.00. The highest BCUT2D eigenvalue weighted by Gasteiger charge is 2.12. The Morgan fingerprint density at radius 2 is 2.31 bits per heavy atom. The van der Waals surface area contributed by atoms with E-state index in [1.165, 1.54) is 12.1 Å². The van der Waals surface area contributed by atoms with E-state index in [0.717, 1.165) is 0 Å². The molecule has 0 unspecified atom stereocenters. The summed E-state index contributed by atoms with van der Waals surface area (Å²) in [7, 11) is 0. The number of phenols is 1. The summed E-state index contributed by atoms with van der Waals surface area (Å²) in [5, 5.41) is 18.3. The van der Waals surface area contributed by atoms with Crippen molar-refractivity contribution in [3.05, 3.63) is 28.3 Å². The van der Waals surface area contributed by atoms with Crippen LogP contribution in [0.15, 0.2) is 12.1 Å². The molecule has 5 heteroatoms. The van der Waals surface area contributed by atoms with Crippen molar-refractivity contribution in [1.82, 2.24) is 0 Å². The van der Waals surface area contributed by atoms with Crippen molar-refractivity contribution in [2.24, 2.45) is 0 Å². The molecule has 0 aliphatic heterocycles. The number of carbonyl (C=O) groups excluding carboxylic acids is 1. The standard InChI is InChI=1S/C11H10ClNO3/c1-2-16-10(14)5-8-3-7(6-13)4-9(12)11(8)15/h3-4,15H,2,5H2,1H3. The maximum absolute atomic E-state index is 11.2. The molecule has 0 heterocycles. The van der Waals surface area contributed by atoms with Crippen molar-refractivity contribution in [3.63, 3.8) is 0 Å². The fourth-order valence-corrected chi connectivity index (χ4v) is 1.46. The zero-order valence-electron chi connectivity index (χ0n) is 8.66. The van der Waals surface area contributed by atoms with Crippen molar-refractivity contribution in [1.29, 1.82) is 5.26 Å². The van der Waals surface area contributed by atoms with Gasteiger partial charge in [0.25, 0.3) is 0 Å². The summed E-state index contributed by atoms with van der Waals surface area (Å²) < 4.78 is 4.74. The van der Waals surface area contributed by atoms with Crippen LogP contribution in [-0.2, 0) is 16.0 Å². The second-order valence-corrected chi connectivity index (χ2v) is 3.47. The van der Waals surface area contributed by atoms with Crippen molar-refractivity contribution in [3.8, 4) is 11.8 Å². The number of nitrogens with zero attached hydrogens (tertiary/aromatic N) is 1. The highest BCUT2D eigenvalue weighted by molar-refractivity contribution is 6.32. The zero-order valence-corrected chi connectivity index (χ0v) is 9.41. The van der Waals surface area contributed by atoms with Gasteiger partial charge in [-0.3, -0.25) is 4.79 Å². The van der Waals surface area contributed by atoms with Crippen LogP contribution in [-0.4, -0.2) is 17.7 Å². The van der Waals surface area contributed by atoms with Crippen molar-refractivity contribution < 1.29 is 14.6 Å². The van der Waals surface area contributed by atoms with E-state index in [1.54, 1.807) is 6.92 Å². The van der Waals surface area contributed by atoms with Crippen LogP contribution in [0.5, 0.6) is 5.75 Å². The Morgan fingerprint density at radius 1 is 1.62 bits per heavy atom. The van der Waals surface area contributed by atoms with Gasteiger partial charge in [-0.25, -0.2) is 0 Å². The van der Waals surface area contributed by atoms with Crippen LogP contribution in [0.4, 0.5) is 0 Å². The molecule has 0 radical (unpaired) electrons. The van der Waals surface area contributed by atoms with Crippen LogP contribution in [0, 0.1) is 11.3 Å². The highest BCUT2D eigenvalue weighted by Crippen LogP contribution is 2.29. The molecular formula is C11H10ClNO3. The average Bonchev–Trinajstić information content (AvgIpc) is 2.24. The maximum Gasteiger partial charge on any atom is 0.310 e. The highest BCUT2D eigenvalue weighted by atomic mass is 35.5. The lowest BCUT2D eigenvalue weighted by Crippen LogP contribution is -2.07. The number of carbonyl (C=O) groups is 1. The van der Waals surface area contributed by atoms with Crippen LogP contribution in [0.25, 0.3) is 0 Å². The largest absolute Gasteiger partial charge is 0.506 e. The third-order valence-electron chi connectivity index (χ3n) is 1.91. The summed E-state index contributed by atoms with van der Waals surface area (Å²) in [5.74, 6) is -0.655. The minimum atomic E-state index is -0.469. The SMILES string of the molecule is CCOC(=O)Cc1cc(C#N)cc(Cl)c1O. The molecule has 0 bridgehead atoms. The van der Waals surface area contributed by atoms with E-state index in [4.69, 9.17) is 21.6 Å². The van der Waals surface area contributed by atoms with Gasteiger partial charge in [-0.1, -0.05) is 11.6 Å². The molecule has 0 saturated carbocycles. The summed E-state index contributed by atoms with van der Waals surface area (Å²) in [6.45, 7) is 1.96. The second kappa shape index (κ2) is 5.38. The number of phenolic OH excluding ortho intramolecular Hbond substituents is 1. The number of aromatic hydroxyl groups is 1. The van der Waals surface area contributed by atoms with Crippen molar-refractivity contribution in [2.75, 3.05) is 6.61 Å². The van der Waals surface area contributed by atoms with Gasteiger partial charge in [0.1, 0.15) is 5.75 Å². The normalized spacial score (nSPS) is 9.56.